The van der Waals surface area contributed by atoms with Crippen LogP contribution in [-0.4, -0.2) is 324 Å². The van der Waals surface area contributed by atoms with Crippen LogP contribution in [0.2, 0.25) is 0 Å². The number of ether oxygens (including phenoxy) is 4. The van der Waals surface area contributed by atoms with Crippen LogP contribution < -0.4 is 155 Å². The van der Waals surface area contributed by atoms with Crippen LogP contribution in [0.25, 0.3) is 0 Å². The molecule has 3 aliphatic heterocycles. The van der Waals surface area contributed by atoms with Crippen molar-refractivity contribution >= 4 is 295 Å². The van der Waals surface area contributed by atoms with Gasteiger partial charge in [0.15, 0.2) is 15.4 Å². The zero-order valence-corrected chi connectivity index (χ0v) is 78.1. The fourth-order valence-electron chi connectivity index (χ4n) is 9.77. The van der Waals surface area contributed by atoms with Crippen molar-refractivity contribution in [2.24, 2.45) is 0 Å². The first-order valence-electron chi connectivity index (χ1n) is 34.6. The summed E-state index contributed by atoms with van der Waals surface area (Å²) in [6, 6.07) is 13.1. The van der Waals surface area contributed by atoms with Crippen LogP contribution in [0.15, 0.2) is 96.2 Å². The van der Waals surface area contributed by atoms with Gasteiger partial charge in [-0.15, -0.1) is 17.0 Å². The third-order valence-electron chi connectivity index (χ3n) is 14.6. The van der Waals surface area contributed by atoms with Gasteiger partial charge in [0.2, 0.25) is 11.8 Å². The monoisotopic (exact) mass is 1770 g/mol. The molecular weight excluding hydrogens is 1690 g/mol. The zero-order valence-electron chi connectivity index (χ0n) is 68.2. The predicted octanol–water partition coefficient (Wildman–Crippen LogP) is -4.88. The number of nitrogen functional groups attached to an aromatic ring is 2. The van der Waals surface area contributed by atoms with Crippen LogP contribution in [0, 0.1) is 0 Å². The summed E-state index contributed by atoms with van der Waals surface area (Å²) >= 11 is 7.47. The van der Waals surface area contributed by atoms with E-state index in [1.807, 2.05) is 62.3 Å². The van der Waals surface area contributed by atoms with Crippen molar-refractivity contribution in [1.82, 2.24) is 35.0 Å². The minimum absolute atomic E-state index is 0. The predicted molar refractivity (Wildman–Crippen MR) is 479 cm³/mol. The van der Waals surface area contributed by atoms with Gasteiger partial charge in [0, 0.05) is 244 Å². The molecule has 8 N–H and O–H groups in total. The Morgan fingerprint density at radius 2 is 0.965 bits per heavy atom. The maximum absolute atomic E-state index is 12.6. The van der Waals surface area contributed by atoms with Gasteiger partial charge in [-0.2, -0.15) is 0 Å². The molecule has 0 bridgehead atoms. The van der Waals surface area contributed by atoms with Crippen molar-refractivity contribution in [2.75, 3.05) is 123 Å². The molecule has 3 saturated heterocycles. The molecular formula is C58H83B20Br2FK2N14O14S3. The van der Waals surface area contributed by atoms with Gasteiger partial charge in [0.25, 0.3) is 18.9 Å². The Balaban J connectivity index is -0.000000661. The number of halogens is 3. The number of amides is 6. The molecule has 22 radical (unpaired) electrons. The summed E-state index contributed by atoms with van der Waals surface area (Å²) < 4.78 is 37.1. The number of nitrogens with two attached hydrogens (primary N) is 2. The van der Waals surface area contributed by atoms with Crippen LogP contribution in [-0.2, 0) is 38.3 Å². The first-order valence-corrected chi connectivity index (χ1v) is 37.2. The van der Waals surface area contributed by atoms with E-state index in [0.717, 1.165) is 65.2 Å². The van der Waals surface area contributed by atoms with E-state index in [2.05, 4.69) is 84.7 Å². The van der Waals surface area contributed by atoms with E-state index >= 15 is 0 Å². The molecule has 0 spiro atoms. The Hall–Kier alpha value is -3.45. The molecule has 3 fully saturated rings. The van der Waals surface area contributed by atoms with Gasteiger partial charge < -0.3 is 82.4 Å². The smallest absolute Gasteiger partial charge is 1.00 e. The normalized spacial score (nSPS) is 12.4. The number of rotatable bonds is 19. The Bertz CT molecular complexity index is 3660. The number of aromatic nitrogens is 3. The first kappa shape index (κ1) is 113. The Labute approximate surface area is 807 Å². The zero-order chi connectivity index (χ0) is 85.2. The molecule has 6 amide bonds. The van der Waals surface area contributed by atoms with Crippen LogP contribution >= 0.6 is 66.9 Å². The van der Waals surface area contributed by atoms with Crippen molar-refractivity contribution in [1.29, 1.82) is 0 Å². The van der Waals surface area contributed by atoms with Gasteiger partial charge in [-0.1, -0.05) is 59.3 Å². The summed E-state index contributed by atoms with van der Waals surface area (Å²) in [4.78, 5) is 113. The summed E-state index contributed by atoms with van der Waals surface area (Å²) in [5, 5.41) is 23.2. The molecule has 0 aliphatic carbocycles. The van der Waals surface area contributed by atoms with Gasteiger partial charge in [-0.3, -0.25) is 33.7 Å². The largest absolute Gasteiger partial charge is 1.00 e. The quantitative estimate of drug-likeness (QED) is 0.0113. The fourth-order valence-corrected chi connectivity index (χ4v) is 12.4. The molecule has 0 unspecified atom stereocenters. The van der Waals surface area contributed by atoms with Crippen molar-refractivity contribution < 1.29 is 177 Å². The number of carbonyl (C=O) groups excluding carboxylic acids is 8. The summed E-state index contributed by atoms with van der Waals surface area (Å²) in [7, 11) is 62.2. The average molecular weight is 1770 g/mol. The Morgan fingerprint density at radius 1 is 0.588 bits per heavy atom. The Kier molecular flexibility index (Phi) is 59.4. The molecule has 28 nitrogen and oxygen atoms in total. The summed E-state index contributed by atoms with van der Waals surface area (Å²) in [6.07, 6.45) is -0.399. The molecule has 2 aromatic carbocycles. The standard InChI is InChI=1S/C22H27N5O4S.C12H20N4O2S.C10H9NO3.C9H18N2O2.C3H3BrN2S.CH3F.CH2O3.B20.BrH.2K.H/c1-5-17(28)24-16-8-6-7-15(13-16)19(29)25-20-23-14-18(32-20)26-9-11-27(12-10-26)21(30)31-22(2,3)4;1-12(2,3)18-11(17)16-6-4-15(5-7-16)9-8-14-10(13)19-9;1-2-10(13)11-8-4-3-5-9(6-8)14-7-12;1-9(2,3)13-8(12)11-6-4-10-5-7-11;4-2-1-6-3(5)7-2;1-2;2-1-4-3;1-12(2)17(11)20(18(13(3)4)14(5)6)19(15(7)8)16(9)10;;;;/h5-8,13-14H,1,9-12H2,2-4H3,(H,24,28)(H,23,25,29);8H,4-7H2,1-3H3,(H2,13,14);2-7H,1H2,(H,11,13);10H,4-7H2,1-3H3;1H,(H2,5,6);1H3;1,3H;;1H;;;/q;;;;;;;;;2*+1;-1/p-1/i;;;;;1D;;;;;;. The summed E-state index contributed by atoms with van der Waals surface area (Å²) in [5.41, 5.74) is 11.0. The van der Waals surface area contributed by atoms with E-state index in [0.29, 0.717) is 83.8 Å². The molecule has 3 aliphatic rings. The number of hydrogen-bond donors (Lipinski definition) is 6. The van der Waals surface area contributed by atoms with Gasteiger partial charge >= 0.3 is 121 Å². The van der Waals surface area contributed by atoms with Crippen LogP contribution in [0.5, 0.6) is 5.75 Å². The number of nitrogens with zero attached hydrogens (tertiary/aromatic N) is 8. The van der Waals surface area contributed by atoms with Gasteiger partial charge in [0.1, 0.15) is 32.6 Å². The summed E-state index contributed by atoms with van der Waals surface area (Å²) in [6.45, 7) is 32.2. The van der Waals surface area contributed by atoms with Gasteiger partial charge in [0.05, 0.1) is 30.9 Å². The molecule has 8 rings (SSSR count). The minimum atomic E-state index is -1.00. The van der Waals surface area contributed by atoms with Crippen molar-refractivity contribution in [2.45, 2.75) is 79.1 Å². The van der Waals surface area contributed by atoms with E-state index in [9.17, 15) is 38.0 Å². The van der Waals surface area contributed by atoms with E-state index < -0.39 is 75.8 Å². The summed E-state index contributed by atoms with van der Waals surface area (Å²) in [5.74, 6) is -0.607. The molecule has 114 heavy (non-hydrogen) atoms. The molecule has 0 atom stereocenters. The average Bonchev–Trinajstić information content (AvgIpc) is 0.912. The second-order valence-electron chi connectivity index (χ2n) is 26.7. The maximum atomic E-state index is 12.6. The van der Waals surface area contributed by atoms with Gasteiger partial charge in [-0.05, 0) is 121 Å². The van der Waals surface area contributed by atoms with Crippen molar-refractivity contribution in [3.63, 3.8) is 0 Å². The Morgan fingerprint density at radius 3 is 1.30 bits per heavy atom. The third-order valence-corrected chi connectivity index (χ3v) is 17.8. The molecule has 3 aromatic heterocycles. The number of carbonyl (C=O) groups is 8. The number of nitrogens with one attached hydrogen (secondary N) is 4. The first-order chi connectivity index (χ1) is 52.4. The van der Waals surface area contributed by atoms with E-state index in [1.54, 1.807) is 75.8 Å². The number of anilines is 7. The topological polar surface area (TPSA) is 361 Å². The number of hydrogen-bond acceptors (Lipinski definition) is 25. The maximum Gasteiger partial charge on any atom is 1.00 e. The van der Waals surface area contributed by atoms with Crippen LogP contribution in [0.3, 0.4) is 0 Å². The van der Waals surface area contributed by atoms with Crippen molar-refractivity contribution in [3.05, 3.63) is 102 Å². The molecule has 0 saturated carbocycles. The second kappa shape index (κ2) is 60.1. The van der Waals surface area contributed by atoms with E-state index in [1.165, 1.54) is 40.1 Å². The number of thiazole rings is 3. The SMILES string of the molecule is Br.C=CC(=O)Nc1cccc(C(=O)Nc2ncc(N3CCN(C(=O)OC(C)(C)C)CC3)s2)c1.C=CC(=O)Nc1cccc(OC=O)c1.CC(C)(C)OC(=O)N1CCN(c2cnc(N)s2)CC1.CC(C)(C)OC(=O)N1CCNCC1.Nc1ncc(Br)s1.O=CO[O-].[2H]CF.[B]B([B])B([B])B(B(B([B])[B])B([B])[B])B(B([B])[B])B([B])[B].[H-].[K+].[K+]. The number of benzene rings is 2. The van der Waals surface area contributed by atoms with Crippen LogP contribution in [0.1, 0.15) is 75.5 Å². The number of alkyl halides is 1. The van der Waals surface area contributed by atoms with E-state index in [4.69, 9.17) is 122 Å². The van der Waals surface area contributed by atoms with Crippen molar-refractivity contribution in [3.8, 4) is 5.75 Å². The molecule has 6 heterocycles. The minimum Gasteiger partial charge on any atom is -1.00 e. The molecule has 570 valence electrons. The molecule has 5 aromatic rings. The second-order valence-corrected chi connectivity index (χ2v) is 31.2. The van der Waals surface area contributed by atoms with Gasteiger partial charge in [-0.25, -0.2) is 29.3 Å². The van der Waals surface area contributed by atoms with Crippen LogP contribution in [0.4, 0.5) is 55.5 Å². The fraction of sp³-hybridized carbons (Fsp3) is 0.431. The third kappa shape index (κ3) is 47.5. The number of piperazine rings is 3. The van der Waals surface area contributed by atoms with E-state index in [-0.39, 0.29) is 169 Å². The molecule has 56 heteroatoms.